The number of nitrogens with zero attached hydrogens (tertiary/aromatic N) is 1. The SMILES string of the molecule is CC1=C/C(=N\S(=O)(=O)c2ccccc2)C(C)=C(Br)C1=O. The third-order valence-corrected chi connectivity index (χ3v) is 5.14. The summed E-state index contributed by atoms with van der Waals surface area (Å²) < 4.78 is 28.6. The molecule has 0 spiro atoms. The Morgan fingerprint density at radius 1 is 1.10 bits per heavy atom. The van der Waals surface area contributed by atoms with Crippen molar-refractivity contribution in [1.29, 1.82) is 0 Å². The number of sulfonamides is 1. The predicted octanol–water partition coefficient (Wildman–Crippen LogP) is 3.01. The maximum absolute atomic E-state index is 12.2. The first-order valence-corrected chi connectivity index (χ1v) is 8.06. The molecular weight excluding hydrogens is 342 g/mol. The molecule has 0 aliphatic heterocycles. The number of rotatable bonds is 2. The zero-order valence-electron chi connectivity index (χ0n) is 10.9. The van der Waals surface area contributed by atoms with Crippen LogP contribution in [0.2, 0.25) is 0 Å². The molecule has 0 atom stereocenters. The summed E-state index contributed by atoms with van der Waals surface area (Å²) in [7, 11) is -3.78. The van der Waals surface area contributed by atoms with Crippen molar-refractivity contribution >= 4 is 37.4 Å². The standard InChI is InChI=1S/C14H12BrNO3S/c1-9-8-12(10(2)13(15)14(9)17)16-20(18,19)11-6-4-3-5-7-11/h3-8H,1-2H3/b16-12+. The average Bonchev–Trinajstić information content (AvgIpc) is 2.43. The van der Waals surface area contributed by atoms with E-state index in [0.717, 1.165) is 0 Å². The maximum Gasteiger partial charge on any atom is 0.282 e. The van der Waals surface area contributed by atoms with Crippen LogP contribution in [0.1, 0.15) is 13.8 Å². The Balaban J connectivity index is 2.54. The third-order valence-electron chi connectivity index (χ3n) is 2.88. The fraction of sp³-hybridized carbons (Fsp3) is 0.143. The number of hydrogen-bond donors (Lipinski definition) is 0. The Labute approximate surface area is 126 Å². The number of Topliss-reactive ketones (excluding diaryl/α,β-unsaturated/α-hetero) is 1. The summed E-state index contributed by atoms with van der Waals surface area (Å²) in [6.45, 7) is 3.28. The van der Waals surface area contributed by atoms with Gasteiger partial charge in [-0.15, -0.1) is 0 Å². The second-order valence-electron chi connectivity index (χ2n) is 4.36. The quantitative estimate of drug-likeness (QED) is 0.767. The van der Waals surface area contributed by atoms with Crippen LogP contribution < -0.4 is 0 Å². The highest BCUT2D eigenvalue weighted by Gasteiger charge is 2.22. The Morgan fingerprint density at radius 3 is 2.30 bits per heavy atom. The molecule has 0 saturated heterocycles. The van der Waals surface area contributed by atoms with E-state index in [0.29, 0.717) is 15.6 Å². The molecule has 20 heavy (non-hydrogen) atoms. The fourth-order valence-electron chi connectivity index (χ4n) is 1.70. The van der Waals surface area contributed by atoms with Crippen molar-refractivity contribution in [3.05, 3.63) is 52.0 Å². The zero-order valence-corrected chi connectivity index (χ0v) is 13.3. The molecule has 0 heterocycles. The lowest BCUT2D eigenvalue weighted by Gasteiger charge is -2.13. The molecule has 1 aromatic rings. The lowest BCUT2D eigenvalue weighted by molar-refractivity contribution is -0.111. The van der Waals surface area contributed by atoms with Crippen LogP contribution >= 0.6 is 15.9 Å². The Kier molecular flexibility index (Phi) is 4.06. The highest BCUT2D eigenvalue weighted by atomic mass is 79.9. The maximum atomic E-state index is 12.2. The van der Waals surface area contributed by atoms with Gasteiger partial charge < -0.3 is 0 Å². The van der Waals surface area contributed by atoms with Crippen LogP contribution in [-0.4, -0.2) is 19.9 Å². The van der Waals surface area contributed by atoms with E-state index < -0.39 is 10.0 Å². The van der Waals surface area contributed by atoms with Gasteiger partial charge in [0, 0.05) is 0 Å². The summed E-state index contributed by atoms with van der Waals surface area (Å²) in [5.41, 5.74) is 1.24. The van der Waals surface area contributed by atoms with Crippen LogP contribution in [0.15, 0.2) is 61.3 Å². The molecule has 0 amide bonds. The van der Waals surface area contributed by atoms with E-state index in [4.69, 9.17) is 0 Å². The number of benzene rings is 1. The zero-order chi connectivity index (χ0) is 14.9. The molecule has 0 unspecified atom stereocenters. The lowest BCUT2D eigenvalue weighted by atomic mass is 9.99. The van der Waals surface area contributed by atoms with Crippen molar-refractivity contribution in [2.45, 2.75) is 18.7 Å². The van der Waals surface area contributed by atoms with Gasteiger partial charge in [0.1, 0.15) is 0 Å². The summed E-state index contributed by atoms with van der Waals surface area (Å²) in [6, 6.07) is 7.97. The molecule has 6 heteroatoms. The van der Waals surface area contributed by atoms with Crippen LogP contribution in [0.3, 0.4) is 0 Å². The first-order valence-electron chi connectivity index (χ1n) is 5.82. The molecule has 2 rings (SSSR count). The van der Waals surface area contributed by atoms with Gasteiger partial charge >= 0.3 is 0 Å². The van der Waals surface area contributed by atoms with Crippen LogP contribution in [0.4, 0.5) is 0 Å². The van der Waals surface area contributed by atoms with Crippen molar-refractivity contribution in [1.82, 2.24) is 0 Å². The number of ketones is 1. The molecule has 0 aromatic heterocycles. The highest BCUT2D eigenvalue weighted by molar-refractivity contribution is 9.12. The molecule has 0 N–H and O–H groups in total. The lowest BCUT2D eigenvalue weighted by Crippen LogP contribution is -2.15. The molecule has 104 valence electrons. The predicted molar refractivity (Wildman–Crippen MR) is 81.5 cm³/mol. The highest BCUT2D eigenvalue weighted by Crippen LogP contribution is 2.25. The number of carbonyl (C=O) groups is 1. The molecule has 1 aliphatic rings. The minimum atomic E-state index is -3.78. The number of allylic oxidation sites excluding steroid dienone is 4. The normalized spacial score (nSPS) is 18.4. The van der Waals surface area contributed by atoms with Crippen LogP contribution in [0.5, 0.6) is 0 Å². The van der Waals surface area contributed by atoms with Crippen LogP contribution in [-0.2, 0) is 14.8 Å². The van der Waals surface area contributed by atoms with Gasteiger partial charge in [0.05, 0.1) is 15.1 Å². The van der Waals surface area contributed by atoms with E-state index >= 15 is 0 Å². The van der Waals surface area contributed by atoms with Gasteiger partial charge in [-0.25, -0.2) is 0 Å². The van der Waals surface area contributed by atoms with E-state index in [2.05, 4.69) is 20.3 Å². The Hall–Kier alpha value is -1.53. The monoisotopic (exact) mass is 353 g/mol. The van der Waals surface area contributed by atoms with Gasteiger partial charge in [-0.1, -0.05) is 18.2 Å². The largest absolute Gasteiger partial charge is 0.288 e. The molecule has 0 fully saturated rings. The van der Waals surface area contributed by atoms with Gasteiger partial charge in [-0.3, -0.25) is 4.79 Å². The first kappa shape index (κ1) is 14.9. The molecule has 4 nitrogen and oxygen atoms in total. The Bertz CT molecular complexity index is 759. The first-order chi connectivity index (χ1) is 9.33. The van der Waals surface area contributed by atoms with Gasteiger partial charge in [0.2, 0.25) is 0 Å². The van der Waals surface area contributed by atoms with Crippen LogP contribution in [0.25, 0.3) is 0 Å². The van der Waals surface area contributed by atoms with E-state index in [-0.39, 0.29) is 16.4 Å². The Morgan fingerprint density at radius 2 is 1.70 bits per heavy atom. The van der Waals surface area contributed by atoms with Gasteiger partial charge in [-0.05, 0) is 59.1 Å². The van der Waals surface area contributed by atoms with Crippen molar-refractivity contribution in [3.63, 3.8) is 0 Å². The summed E-state index contributed by atoms with van der Waals surface area (Å²) in [6.07, 6.45) is 1.49. The van der Waals surface area contributed by atoms with E-state index in [1.807, 2.05) is 0 Å². The van der Waals surface area contributed by atoms with Gasteiger partial charge in [0.25, 0.3) is 10.0 Å². The minimum absolute atomic E-state index is 0.124. The van der Waals surface area contributed by atoms with Gasteiger partial charge in [-0.2, -0.15) is 12.8 Å². The summed E-state index contributed by atoms with van der Waals surface area (Å²) in [4.78, 5) is 11.9. The second kappa shape index (κ2) is 5.46. The number of carbonyl (C=O) groups excluding carboxylic acids is 1. The van der Waals surface area contributed by atoms with E-state index in [1.165, 1.54) is 18.2 Å². The van der Waals surface area contributed by atoms with Crippen molar-refractivity contribution in [2.75, 3.05) is 0 Å². The fourth-order valence-corrected chi connectivity index (χ4v) is 3.28. The third kappa shape index (κ3) is 2.81. The summed E-state index contributed by atoms with van der Waals surface area (Å²) in [5.74, 6) is -0.154. The molecule has 1 aliphatic carbocycles. The summed E-state index contributed by atoms with van der Waals surface area (Å²) in [5, 5.41) is 0. The topological polar surface area (TPSA) is 63.6 Å². The minimum Gasteiger partial charge on any atom is -0.288 e. The average molecular weight is 354 g/mol. The van der Waals surface area contributed by atoms with E-state index in [1.54, 1.807) is 32.0 Å². The van der Waals surface area contributed by atoms with Crippen molar-refractivity contribution in [2.24, 2.45) is 4.40 Å². The molecular formula is C14H12BrNO3S. The van der Waals surface area contributed by atoms with Crippen LogP contribution in [0, 0.1) is 0 Å². The molecule has 0 bridgehead atoms. The number of hydrogen-bond acceptors (Lipinski definition) is 3. The summed E-state index contributed by atoms with van der Waals surface area (Å²) >= 11 is 3.18. The van der Waals surface area contributed by atoms with E-state index in [9.17, 15) is 13.2 Å². The molecule has 1 aromatic carbocycles. The van der Waals surface area contributed by atoms with Gasteiger partial charge in [0.15, 0.2) is 5.78 Å². The number of halogens is 1. The molecule has 0 saturated carbocycles. The smallest absolute Gasteiger partial charge is 0.282 e. The second-order valence-corrected chi connectivity index (χ2v) is 6.76. The van der Waals surface area contributed by atoms with Crippen molar-refractivity contribution in [3.8, 4) is 0 Å². The van der Waals surface area contributed by atoms with Crippen molar-refractivity contribution < 1.29 is 13.2 Å². The molecule has 0 radical (unpaired) electrons.